The summed E-state index contributed by atoms with van der Waals surface area (Å²) in [6.45, 7) is 2.18. The van der Waals surface area contributed by atoms with Gasteiger partial charge >= 0.3 is 0 Å². The third-order valence-electron chi connectivity index (χ3n) is 4.75. The minimum Gasteiger partial charge on any atom is -0.317 e. The second-order valence-electron chi connectivity index (χ2n) is 6.29. The van der Waals surface area contributed by atoms with E-state index in [1.807, 2.05) is 6.20 Å². The van der Waals surface area contributed by atoms with Crippen LogP contribution in [0.25, 0.3) is 0 Å². The van der Waals surface area contributed by atoms with Crippen molar-refractivity contribution in [2.75, 3.05) is 7.05 Å². The Morgan fingerprint density at radius 3 is 2.50 bits per heavy atom. The molecule has 0 aliphatic heterocycles. The predicted molar refractivity (Wildman–Crippen MR) is 86.0 cm³/mol. The molecule has 2 rings (SSSR count). The zero-order chi connectivity index (χ0) is 14.2. The quantitative estimate of drug-likeness (QED) is 0.789. The number of aryl methyl sites for hydroxylation is 1. The number of aromatic nitrogens is 1. The Hall–Kier alpha value is -0.890. The van der Waals surface area contributed by atoms with E-state index in [0.29, 0.717) is 6.04 Å². The zero-order valence-corrected chi connectivity index (χ0v) is 13.2. The number of likely N-dealkylation sites (N-methyl/N-ethyl adjacent to an activating group) is 1. The fourth-order valence-corrected chi connectivity index (χ4v) is 3.34. The fourth-order valence-electron chi connectivity index (χ4n) is 3.34. The summed E-state index contributed by atoms with van der Waals surface area (Å²) in [5.74, 6) is 0.921. The molecule has 1 aromatic rings. The van der Waals surface area contributed by atoms with E-state index in [2.05, 4.69) is 36.4 Å². The van der Waals surface area contributed by atoms with Gasteiger partial charge in [0.2, 0.25) is 0 Å². The highest BCUT2D eigenvalue weighted by molar-refractivity contribution is 5.14. The van der Waals surface area contributed by atoms with Crippen LogP contribution in [0, 0.1) is 5.92 Å². The first-order chi connectivity index (χ1) is 9.81. The number of nitrogens with one attached hydrogen (secondary N) is 1. The highest BCUT2D eigenvalue weighted by Gasteiger charge is 2.17. The molecule has 1 aliphatic carbocycles. The third-order valence-corrected chi connectivity index (χ3v) is 4.75. The van der Waals surface area contributed by atoms with Crippen LogP contribution in [0.5, 0.6) is 0 Å². The lowest BCUT2D eigenvalue weighted by atomic mass is 9.91. The maximum Gasteiger partial charge on any atom is 0.0419 e. The zero-order valence-electron chi connectivity index (χ0n) is 13.2. The average Bonchev–Trinajstić information content (AvgIpc) is 2.76. The molecule has 1 N–H and O–H groups in total. The minimum atomic E-state index is 0.582. The summed E-state index contributed by atoms with van der Waals surface area (Å²) in [5.41, 5.74) is 2.56. The molecule has 0 saturated heterocycles. The van der Waals surface area contributed by atoms with Crippen LogP contribution in [0.15, 0.2) is 18.3 Å². The molecule has 1 aromatic heterocycles. The summed E-state index contributed by atoms with van der Waals surface area (Å²) >= 11 is 0. The molecule has 1 heterocycles. The largest absolute Gasteiger partial charge is 0.317 e. The lowest BCUT2D eigenvalue weighted by Crippen LogP contribution is -2.30. The second kappa shape index (κ2) is 8.41. The van der Waals surface area contributed by atoms with Crippen LogP contribution in [0.4, 0.5) is 0 Å². The number of hydrogen-bond acceptors (Lipinski definition) is 2. The fraction of sp³-hybridized carbons (Fsp3) is 0.722. The predicted octanol–water partition coefficient (Wildman–Crippen LogP) is 4.14. The van der Waals surface area contributed by atoms with Gasteiger partial charge in [-0.2, -0.15) is 0 Å². The number of nitrogens with zero attached hydrogens (tertiary/aromatic N) is 1. The molecule has 1 aliphatic rings. The van der Waals surface area contributed by atoms with Gasteiger partial charge in [0.25, 0.3) is 0 Å². The van der Waals surface area contributed by atoms with E-state index in [0.717, 1.165) is 18.8 Å². The van der Waals surface area contributed by atoms with Crippen LogP contribution in [-0.4, -0.2) is 18.1 Å². The van der Waals surface area contributed by atoms with Crippen molar-refractivity contribution in [3.8, 4) is 0 Å². The molecule has 1 fully saturated rings. The van der Waals surface area contributed by atoms with Gasteiger partial charge < -0.3 is 5.32 Å². The van der Waals surface area contributed by atoms with Crippen LogP contribution in [0.3, 0.4) is 0 Å². The van der Waals surface area contributed by atoms with Crippen molar-refractivity contribution in [1.82, 2.24) is 10.3 Å². The van der Waals surface area contributed by atoms with Crippen LogP contribution in [0.1, 0.15) is 63.1 Å². The Labute approximate surface area is 124 Å². The average molecular weight is 274 g/mol. The van der Waals surface area contributed by atoms with Crippen molar-refractivity contribution in [3.63, 3.8) is 0 Å². The van der Waals surface area contributed by atoms with E-state index in [1.54, 1.807) is 0 Å². The molecule has 1 atom stereocenters. The summed E-state index contributed by atoms with van der Waals surface area (Å²) in [6, 6.07) is 5.01. The molecule has 112 valence electrons. The maximum absolute atomic E-state index is 4.61. The summed E-state index contributed by atoms with van der Waals surface area (Å²) in [5, 5.41) is 3.51. The number of pyridine rings is 1. The monoisotopic (exact) mass is 274 g/mol. The standard InChI is InChI=1S/C18H30N2/c1-3-15-10-11-17(20-14-15)13-18(19-2)12-16-8-6-4-5-7-9-16/h10-11,14,16,18-19H,3-9,12-13H2,1-2H3. The van der Waals surface area contributed by atoms with Crippen molar-refractivity contribution in [1.29, 1.82) is 0 Å². The smallest absolute Gasteiger partial charge is 0.0419 e. The van der Waals surface area contributed by atoms with Crippen molar-refractivity contribution in [2.45, 2.75) is 70.8 Å². The first-order valence-electron chi connectivity index (χ1n) is 8.43. The van der Waals surface area contributed by atoms with Gasteiger partial charge in [-0.1, -0.05) is 51.5 Å². The lowest BCUT2D eigenvalue weighted by molar-refractivity contribution is 0.360. The van der Waals surface area contributed by atoms with Gasteiger partial charge in [-0.05, 0) is 37.4 Å². The van der Waals surface area contributed by atoms with Gasteiger partial charge in [-0.25, -0.2) is 0 Å². The molecule has 2 nitrogen and oxygen atoms in total. The van der Waals surface area contributed by atoms with Gasteiger partial charge in [-0.15, -0.1) is 0 Å². The van der Waals surface area contributed by atoms with Crippen molar-refractivity contribution in [2.24, 2.45) is 5.92 Å². The molecule has 0 aromatic carbocycles. The van der Waals surface area contributed by atoms with Gasteiger partial charge in [-0.3, -0.25) is 4.98 Å². The Morgan fingerprint density at radius 2 is 1.95 bits per heavy atom. The summed E-state index contributed by atoms with van der Waals surface area (Å²) < 4.78 is 0. The highest BCUT2D eigenvalue weighted by atomic mass is 14.9. The van der Waals surface area contributed by atoms with E-state index in [-0.39, 0.29) is 0 Å². The third kappa shape index (κ3) is 4.90. The molecular weight excluding hydrogens is 244 g/mol. The number of hydrogen-bond donors (Lipinski definition) is 1. The molecule has 0 bridgehead atoms. The number of rotatable bonds is 6. The van der Waals surface area contributed by atoms with Crippen molar-refractivity contribution >= 4 is 0 Å². The Kier molecular flexibility index (Phi) is 6.52. The Bertz CT molecular complexity index is 364. The van der Waals surface area contributed by atoms with E-state index in [4.69, 9.17) is 0 Å². The van der Waals surface area contributed by atoms with E-state index < -0.39 is 0 Å². The molecule has 0 spiro atoms. The van der Waals surface area contributed by atoms with Crippen molar-refractivity contribution < 1.29 is 0 Å². The first-order valence-corrected chi connectivity index (χ1v) is 8.43. The van der Waals surface area contributed by atoms with E-state index in [9.17, 15) is 0 Å². The topological polar surface area (TPSA) is 24.9 Å². The van der Waals surface area contributed by atoms with Crippen LogP contribution in [0.2, 0.25) is 0 Å². The van der Waals surface area contributed by atoms with Crippen LogP contribution >= 0.6 is 0 Å². The Balaban J connectivity index is 1.86. The summed E-state index contributed by atoms with van der Waals surface area (Å²) in [4.78, 5) is 4.61. The minimum absolute atomic E-state index is 0.582. The second-order valence-corrected chi connectivity index (χ2v) is 6.29. The first kappa shape index (κ1) is 15.5. The van der Waals surface area contributed by atoms with Gasteiger partial charge in [0.15, 0.2) is 0 Å². The van der Waals surface area contributed by atoms with Gasteiger partial charge in [0.05, 0.1) is 0 Å². The van der Waals surface area contributed by atoms with E-state index >= 15 is 0 Å². The van der Waals surface area contributed by atoms with Crippen LogP contribution in [-0.2, 0) is 12.8 Å². The van der Waals surface area contributed by atoms with Gasteiger partial charge in [0, 0.05) is 24.4 Å². The molecule has 20 heavy (non-hydrogen) atoms. The van der Waals surface area contributed by atoms with Crippen molar-refractivity contribution in [3.05, 3.63) is 29.6 Å². The summed E-state index contributed by atoms with van der Waals surface area (Å²) in [7, 11) is 2.10. The molecule has 1 unspecified atom stereocenters. The Morgan fingerprint density at radius 1 is 1.20 bits per heavy atom. The molecule has 0 amide bonds. The SMILES string of the molecule is CCc1ccc(CC(CC2CCCCCC2)NC)nc1. The normalized spacial score (nSPS) is 18.7. The highest BCUT2D eigenvalue weighted by Crippen LogP contribution is 2.27. The molecule has 2 heteroatoms. The van der Waals surface area contributed by atoms with E-state index in [1.165, 1.54) is 56.2 Å². The van der Waals surface area contributed by atoms with Gasteiger partial charge in [0.1, 0.15) is 0 Å². The maximum atomic E-state index is 4.61. The lowest BCUT2D eigenvalue weighted by Gasteiger charge is -2.22. The molecule has 1 saturated carbocycles. The summed E-state index contributed by atoms with van der Waals surface area (Å²) in [6.07, 6.45) is 14.1. The molecular formula is C18H30N2. The molecule has 0 radical (unpaired) electrons. The van der Waals surface area contributed by atoms with Crippen LogP contribution < -0.4 is 5.32 Å².